The van der Waals surface area contributed by atoms with E-state index in [0.717, 1.165) is 4.34 Å². The molecule has 0 unspecified atom stereocenters. The van der Waals surface area contributed by atoms with Gasteiger partial charge in [-0.25, -0.2) is 19.0 Å². The summed E-state index contributed by atoms with van der Waals surface area (Å²) in [6.45, 7) is 2.25. The summed E-state index contributed by atoms with van der Waals surface area (Å²) in [5.41, 5.74) is 1.54. The van der Waals surface area contributed by atoms with E-state index in [4.69, 9.17) is 33.7 Å². The molecule has 0 aliphatic rings. The maximum Gasteiger partial charge on any atom is 0.246 e. The van der Waals surface area contributed by atoms with Crippen molar-refractivity contribution in [3.8, 4) is 5.75 Å². The summed E-state index contributed by atoms with van der Waals surface area (Å²) in [5.74, 6) is 0.729. The van der Waals surface area contributed by atoms with Crippen LogP contribution >= 0.6 is 46.9 Å². The van der Waals surface area contributed by atoms with Gasteiger partial charge in [0.1, 0.15) is 30.3 Å². The average molecular weight is 581 g/mol. The van der Waals surface area contributed by atoms with Gasteiger partial charge in [0.15, 0.2) is 8.29 Å². The predicted octanol–water partition coefficient (Wildman–Crippen LogP) is 5.67. The lowest BCUT2D eigenvalue weighted by molar-refractivity contribution is -0.116. The minimum atomic E-state index is -0.526. The molecule has 3 N–H and O–H groups in total. The Bertz CT molecular complexity index is 1480. The smallest absolute Gasteiger partial charge is 0.246 e. The molecule has 0 spiro atoms. The third kappa shape index (κ3) is 6.93. The normalized spacial score (nSPS) is 11.0. The van der Waals surface area contributed by atoms with Crippen LogP contribution in [0.5, 0.6) is 5.75 Å². The molecule has 37 heavy (non-hydrogen) atoms. The summed E-state index contributed by atoms with van der Waals surface area (Å²) >= 11 is 14.1. The first kappa shape index (κ1) is 27.2. The molecule has 194 valence electrons. The fraction of sp³-hybridized carbons (Fsp3) is 0.261. The van der Waals surface area contributed by atoms with E-state index >= 15 is 0 Å². The molecule has 0 saturated carbocycles. The molecule has 0 fully saturated rings. The third-order valence-corrected chi connectivity index (χ3v) is 7.72. The number of halogens is 2. The first-order chi connectivity index (χ1) is 17.9. The highest BCUT2D eigenvalue weighted by atomic mass is 35.5. The van der Waals surface area contributed by atoms with Gasteiger partial charge in [0.25, 0.3) is 0 Å². The van der Waals surface area contributed by atoms with Crippen molar-refractivity contribution < 1.29 is 19.0 Å². The average Bonchev–Trinajstić information content (AvgIpc) is 3.21. The van der Waals surface area contributed by atoms with Gasteiger partial charge in [0.05, 0.1) is 22.8 Å². The van der Waals surface area contributed by atoms with Gasteiger partial charge in [0, 0.05) is 29.5 Å². The number of amides is 1. The summed E-state index contributed by atoms with van der Waals surface area (Å²) < 4.78 is 22.0. The Morgan fingerprint density at radius 1 is 1.32 bits per heavy atom. The topological polar surface area (TPSA) is 114 Å². The molecule has 1 amide bonds. The third-order valence-electron chi connectivity index (χ3n) is 4.90. The number of aliphatic hydroxyl groups is 1. The number of rotatable bonds is 11. The van der Waals surface area contributed by atoms with Gasteiger partial charge in [-0.2, -0.15) is 5.10 Å². The Balaban J connectivity index is 1.59. The molecule has 0 bridgehead atoms. The van der Waals surface area contributed by atoms with Crippen molar-refractivity contribution in [2.45, 2.75) is 24.2 Å². The number of nitrogens with one attached hydrogen (secondary N) is 2. The van der Waals surface area contributed by atoms with Crippen LogP contribution in [0.15, 0.2) is 41.0 Å². The second kappa shape index (κ2) is 12.6. The first-order valence-electron chi connectivity index (χ1n) is 11.1. The second-order valence-electron chi connectivity index (χ2n) is 7.54. The number of hydrogen-bond donors (Lipinski definition) is 3. The molecular formula is C23H22ClFN6O3S3. The number of aromatic nitrogens is 4. The highest BCUT2D eigenvalue weighted by Crippen LogP contribution is 2.34. The number of anilines is 3. The van der Waals surface area contributed by atoms with Crippen molar-refractivity contribution in [3.05, 3.63) is 51.5 Å². The van der Waals surface area contributed by atoms with Crippen LogP contribution in [0.25, 0.3) is 10.9 Å². The lowest BCUT2D eigenvalue weighted by atomic mass is 10.1. The van der Waals surface area contributed by atoms with Gasteiger partial charge in [-0.3, -0.25) is 4.79 Å². The highest BCUT2D eigenvalue weighted by molar-refractivity contribution is 8.01. The number of fused-ring (bicyclic) bond motifs is 1. The van der Waals surface area contributed by atoms with E-state index in [1.807, 2.05) is 6.92 Å². The Kier molecular flexibility index (Phi) is 9.27. The minimum Gasteiger partial charge on any atom is -0.492 e. The van der Waals surface area contributed by atoms with Crippen LogP contribution in [0, 0.1) is 9.77 Å². The Morgan fingerprint density at radius 2 is 2.16 bits per heavy atom. The summed E-state index contributed by atoms with van der Waals surface area (Å²) in [5, 5.41) is 19.9. The van der Waals surface area contributed by atoms with Crippen molar-refractivity contribution in [2.24, 2.45) is 0 Å². The number of thioether (sulfide) groups is 1. The molecule has 14 heteroatoms. The fourth-order valence-corrected chi connectivity index (χ4v) is 5.77. The van der Waals surface area contributed by atoms with Crippen LogP contribution in [-0.2, 0) is 11.3 Å². The largest absolute Gasteiger partial charge is 0.492 e. The van der Waals surface area contributed by atoms with E-state index in [9.17, 15) is 9.18 Å². The van der Waals surface area contributed by atoms with Crippen LogP contribution < -0.4 is 15.4 Å². The van der Waals surface area contributed by atoms with E-state index in [0.29, 0.717) is 56.6 Å². The second-order valence-corrected chi connectivity index (χ2v) is 10.9. The van der Waals surface area contributed by atoms with E-state index in [2.05, 4.69) is 25.7 Å². The van der Waals surface area contributed by atoms with Crippen LogP contribution in [0.1, 0.15) is 13.3 Å². The van der Waals surface area contributed by atoms with Gasteiger partial charge in [-0.05, 0) is 49.8 Å². The molecule has 0 aliphatic heterocycles. The SMILES string of the molecule is CCOc1cc2ncnc(Nc3ccc(F)c(Cl)c3)c2cc1NC(=O)Cn1nc(SCCCO)sc1=S. The number of carbonyl (C=O) groups is 1. The number of nitrogens with zero attached hydrogens (tertiary/aromatic N) is 4. The number of hydrogen-bond acceptors (Lipinski definition) is 10. The number of carbonyl (C=O) groups excluding carboxylic acids is 1. The molecule has 0 radical (unpaired) electrons. The van der Waals surface area contributed by atoms with E-state index in [1.165, 1.54) is 46.2 Å². The zero-order chi connectivity index (χ0) is 26.4. The maximum absolute atomic E-state index is 13.6. The van der Waals surface area contributed by atoms with Gasteiger partial charge in [-0.15, -0.1) is 0 Å². The molecule has 2 heterocycles. The monoisotopic (exact) mass is 580 g/mol. The summed E-state index contributed by atoms with van der Waals surface area (Å²) in [6, 6.07) is 7.68. The lowest BCUT2D eigenvalue weighted by Gasteiger charge is -2.15. The molecular weight excluding hydrogens is 559 g/mol. The quantitative estimate of drug-likeness (QED) is 0.117. The summed E-state index contributed by atoms with van der Waals surface area (Å²) in [4.78, 5) is 21.6. The first-order valence-corrected chi connectivity index (χ1v) is 13.7. The Labute approximate surface area is 230 Å². The van der Waals surface area contributed by atoms with Crippen LogP contribution in [0.4, 0.5) is 21.6 Å². The number of ether oxygens (including phenoxy) is 1. The van der Waals surface area contributed by atoms with Gasteiger partial charge in [0.2, 0.25) is 5.91 Å². The summed E-state index contributed by atoms with van der Waals surface area (Å²) in [7, 11) is 0. The Morgan fingerprint density at radius 3 is 2.92 bits per heavy atom. The maximum atomic E-state index is 13.6. The molecule has 0 aliphatic carbocycles. The predicted molar refractivity (Wildman–Crippen MR) is 147 cm³/mol. The van der Waals surface area contributed by atoms with E-state index in [-0.39, 0.29) is 24.1 Å². The number of aliphatic hydroxyl groups excluding tert-OH is 1. The highest BCUT2D eigenvalue weighted by Gasteiger charge is 2.15. The van der Waals surface area contributed by atoms with Crippen molar-refractivity contribution >= 4 is 80.9 Å². The molecule has 9 nitrogen and oxygen atoms in total. The Hall–Kier alpha value is -2.84. The molecule has 0 atom stereocenters. The van der Waals surface area contributed by atoms with Crippen LogP contribution in [0.3, 0.4) is 0 Å². The number of benzene rings is 2. The van der Waals surface area contributed by atoms with Crippen molar-refractivity contribution in [1.82, 2.24) is 19.7 Å². The summed E-state index contributed by atoms with van der Waals surface area (Å²) in [6.07, 6.45) is 2.04. The molecule has 2 aromatic carbocycles. The van der Waals surface area contributed by atoms with Gasteiger partial charge >= 0.3 is 0 Å². The zero-order valence-electron chi connectivity index (χ0n) is 19.5. The van der Waals surface area contributed by atoms with Gasteiger partial charge < -0.3 is 20.5 Å². The van der Waals surface area contributed by atoms with Crippen molar-refractivity contribution in [1.29, 1.82) is 0 Å². The lowest BCUT2D eigenvalue weighted by Crippen LogP contribution is -2.20. The molecule has 2 aromatic heterocycles. The van der Waals surface area contributed by atoms with Gasteiger partial charge in [-0.1, -0.05) is 34.7 Å². The molecule has 4 rings (SSSR count). The molecule has 0 saturated heterocycles. The van der Waals surface area contributed by atoms with Crippen molar-refractivity contribution in [2.75, 3.05) is 29.6 Å². The fourth-order valence-electron chi connectivity index (χ4n) is 3.26. The minimum absolute atomic E-state index is 0.0226. The van der Waals surface area contributed by atoms with E-state index in [1.54, 1.807) is 18.2 Å². The van der Waals surface area contributed by atoms with Crippen LogP contribution in [-0.4, -0.2) is 49.7 Å². The van der Waals surface area contributed by atoms with E-state index < -0.39 is 5.82 Å². The zero-order valence-corrected chi connectivity index (χ0v) is 22.7. The van der Waals surface area contributed by atoms with Crippen LogP contribution in [0.2, 0.25) is 5.02 Å². The van der Waals surface area contributed by atoms with Crippen molar-refractivity contribution in [3.63, 3.8) is 0 Å². The molecule has 4 aromatic rings. The standard InChI is InChI=1S/C23H22ClFN6O3S3/c1-2-34-19-10-17-14(21(27-12-26-17)28-13-4-5-16(25)15(24)8-13)9-18(19)29-20(33)11-31-23(35)37-22(30-31)36-7-3-6-32/h4-5,8-10,12,32H,2-3,6-7,11H2,1H3,(H,29,33)(H,26,27,28).